The molecule has 0 saturated carbocycles. The van der Waals surface area contributed by atoms with E-state index >= 15 is 0 Å². The molecular formula is C10H14BBrClNO3S. The van der Waals surface area contributed by atoms with E-state index in [-0.39, 0.29) is 39.1 Å². The Morgan fingerprint density at radius 3 is 2.89 bits per heavy atom. The van der Waals surface area contributed by atoms with Crippen LogP contribution in [0.1, 0.15) is 11.7 Å². The molecule has 100 valence electrons. The van der Waals surface area contributed by atoms with Crippen LogP contribution in [0.15, 0.2) is 16.6 Å². The highest BCUT2D eigenvalue weighted by Gasteiger charge is 2.42. The maximum Gasteiger partial charge on any atom is 0.498 e. The minimum Gasteiger partial charge on any atom is -0.492 e. The average molecular weight is 354 g/mol. The predicted molar refractivity (Wildman–Crippen MR) is 81.5 cm³/mol. The van der Waals surface area contributed by atoms with Crippen molar-refractivity contribution in [2.45, 2.75) is 6.10 Å². The summed E-state index contributed by atoms with van der Waals surface area (Å²) in [6.45, 7) is 1.53. The first-order chi connectivity index (χ1) is 7.81. The van der Waals surface area contributed by atoms with Gasteiger partial charge >= 0.3 is 7.12 Å². The highest BCUT2D eigenvalue weighted by atomic mass is 79.9. The number of halogens is 2. The Morgan fingerprint density at radius 1 is 1.39 bits per heavy atom. The van der Waals surface area contributed by atoms with E-state index in [2.05, 4.69) is 15.9 Å². The van der Waals surface area contributed by atoms with E-state index in [1.807, 2.05) is 12.1 Å². The Hall–Kier alpha value is 0.0849. The van der Waals surface area contributed by atoms with Crippen LogP contribution in [0.5, 0.6) is 5.75 Å². The summed E-state index contributed by atoms with van der Waals surface area (Å²) in [4.78, 5) is 0. The van der Waals surface area contributed by atoms with Crippen molar-refractivity contribution in [2.24, 2.45) is 5.73 Å². The van der Waals surface area contributed by atoms with Crippen LogP contribution in [0.25, 0.3) is 0 Å². The Balaban J connectivity index is 0.000000810. The van der Waals surface area contributed by atoms with E-state index in [0.29, 0.717) is 19.8 Å². The molecule has 4 nitrogen and oxygen atoms in total. The van der Waals surface area contributed by atoms with E-state index < -0.39 is 0 Å². The SMILES string of the molecule is Cl.NC[C@H]1OB2OCCOc3ccc(Br)c1c32.S. The van der Waals surface area contributed by atoms with Gasteiger partial charge in [0.2, 0.25) is 0 Å². The van der Waals surface area contributed by atoms with Crippen molar-refractivity contribution in [1.82, 2.24) is 0 Å². The highest BCUT2D eigenvalue weighted by molar-refractivity contribution is 9.10. The van der Waals surface area contributed by atoms with Gasteiger partial charge in [-0.15, -0.1) is 12.4 Å². The fourth-order valence-electron chi connectivity index (χ4n) is 2.17. The molecule has 2 N–H and O–H groups in total. The second-order valence-electron chi connectivity index (χ2n) is 3.78. The lowest BCUT2D eigenvalue weighted by Gasteiger charge is -2.13. The van der Waals surface area contributed by atoms with Crippen molar-refractivity contribution in [3.05, 3.63) is 22.2 Å². The maximum absolute atomic E-state index is 5.77. The summed E-state index contributed by atoms with van der Waals surface area (Å²) in [5.41, 5.74) is 7.75. The van der Waals surface area contributed by atoms with Gasteiger partial charge in [0, 0.05) is 16.5 Å². The van der Waals surface area contributed by atoms with E-state index in [1.54, 1.807) is 0 Å². The van der Waals surface area contributed by atoms with Gasteiger partial charge in [-0.3, -0.25) is 0 Å². The molecule has 0 aliphatic carbocycles. The largest absolute Gasteiger partial charge is 0.498 e. The summed E-state index contributed by atoms with van der Waals surface area (Å²) in [5.74, 6) is 0.844. The van der Waals surface area contributed by atoms with Gasteiger partial charge in [0.15, 0.2) is 0 Å². The number of benzene rings is 1. The Morgan fingerprint density at radius 2 is 2.17 bits per heavy atom. The first kappa shape index (κ1) is 16.1. The molecular weight excluding hydrogens is 340 g/mol. The molecule has 0 unspecified atom stereocenters. The smallest absolute Gasteiger partial charge is 0.492 e. The van der Waals surface area contributed by atoms with Gasteiger partial charge in [0.05, 0.1) is 12.7 Å². The molecule has 0 radical (unpaired) electrons. The minimum absolute atomic E-state index is 0. The molecule has 8 heteroatoms. The molecule has 1 aromatic rings. The van der Waals surface area contributed by atoms with Gasteiger partial charge in [-0.05, 0) is 17.7 Å². The topological polar surface area (TPSA) is 53.7 Å². The van der Waals surface area contributed by atoms with Crippen LogP contribution in [0, 0.1) is 0 Å². The number of hydrogen-bond acceptors (Lipinski definition) is 4. The van der Waals surface area contributed by atoms with Crippen LogP contribution in [0.2, 0.25) is 0 Å². The molecule has 3 rings (SSSR count). The third-order valence-corrected chi connectivity index (χ3v) is 3.56. The normalized spacial score (nSPS) is 20.1. The quantitative estimate of drug-likeness (QED) is 0.768. The fourth-order valence-corrected chi connectivity index (χ4v) is 2.78. The molecule has 1 atom stereocenters. The average Bonchev–Trinajstić information content (AvgIpc) is 2.55. The van der Waals surface area contributed by atoms with Gasteiger partial charge in [-0.25, -0.2) is 0 Å². The van der Waals surface area contributed by atoms with Crippen molar-refractivity contribution >= 4 is 54.4 Å². The molecule has 0 amide bonds. The summed E-state index contributed by atoms with van der Waals surface area (Å²) < 4.78 is 18.0. The van der Waals surface area contributed by atoms with Crippen molar-refractivity contribution in [3.8, 4) is 5.75 Å². The monoisotopic (exact) mass is 353 g/mol. The second-order valence-corrected chi connectivity index (χ2v) is 4.64. The van der Waals surface area contributed by atoms with Gasteiger partial charge < -0.3 is 19.8 Å². The molecule has 2 aliphatic rings. The Labute approximate surface area is 128 Å². The first-order valence-electron chi connectivity index (χ1n) is 5.23. The van der Waals surface area contributed by atoms with Crippen LogP contribution in [-0.4, -0.2) is 26.9 Å². The van der Waals surface area contributed by atoms with Gasteiger partial charge in [0.1, 0.15) is 12.4 Å². The Bertz CT molecular complexity index is 440. The predicted octanol–water partition coefficient (Wildman–Crippen LogP) is 1.12. The molecule has 2 aliphatic heterocycles. The zero-order chi connectivity index (χ0) is 11.1. The lowest BCUT2D eigenvalue weighted by atomic mass is 9.78. The van der Waals surface area contributed by atoms with E-state index in [0.717, 1.165) is 21.2 Å². The third-order valence-electron chi connectivity index (χ3n) is 2.86. The van der Waals surface area contributed by atoms with Crippen molar-refractivity contribution in [1.29, 1.82) is 0 Å². The lowest BCUT2D eigenvalue weighted by Crippen LogP contribution is -2.31. The van der Waals surface area contributed by atoms with Crippen molar-refractivity contribution in [2.75, 3.05) is 19.8 Å². The zero-order valence-corrected chi connectivity index (χ0v) is 12.9. The minimum atomic E-state index is -0.335. The van der Waals surface area contributed by atoms with E-state index in [1.165, 1.54) is 0 Å². The van der Waals surface area contributed by atoms with Crippen LogP contribution in [0.4, 0.5) is 0 Å². The molecule has 0 spiro atoms. The summed E-state index contributed by atoms with van der Waals surface area (Å²) in [7, 11) is -0.335. The third kappa shape index (κ3) is 2.52. The van der Waals surface area contributed by atoms with Crippen molar-refractivity contribution < 1.29 is 14.0 Å². The van der Waals surface area contributed by atoms with Gasteiger partial charge in [-0.2, -0.15) is 13.5 Å². The zero-order valence-electron chi connectivity index (χ0n) is 9.52. The summed E-state index contributed by atoms with van der Waals surface area (Å²) in [6, 6.07) is 3.90. The molecule has 2 heterocycles. The number of nitrogens with two attached hydrogens (primary N) is 1. The summed E-state index contributed by atoms with van der Waals surface area (Å²) >= 11 is 3.52. The van der Waals surface area contributed by atoms with E-state index in [9.17, 15) is 0 Å². The number of hydrogen-bond donors (Lipinski definition) is 1. The van der Waals surface area contributed by atoms with Crippen LogP contribution in [0.3, 0.4) is 0 Å². The van der Waals surface area contributed by atoms with Gasteiger partial charge in [-0.1, -0.05) is 15.9 Å². The number of rotatable bonds is 1. The molecule has 0 saturated heterocycles. The van der Waals surface area contributed by atoms with Crippen molar-refractivity contribution in [3.63, 3.8) is 0 Å². The lowest BCUT2D eigenvalue weighted by molar-refractivity contribution is 0.147. The van der Waals surface area contributed by atoms with Gasteiger partial charge in [0.25, 0.3) is 0 Å². The van der Waals surface area contributed by atoms with Crippen LogP contribution >= 0.6 is 41.8 Å². The summed E-state index contributed by atoms with van der Waals surface area (Å²) in [5, 5.41) is 0. The Kier molecular flexibility index (Phi) is 5.83. The standard InChI is InChI=1S/C10H11BBrNO3.ClH.H2S/c12-6-1-2-7-10-9(6)8(5-13)16-11(10)15-4-3-14-7;;/h1-2,8H,3-5,13H2;1H;1H2/t8-;;/m1../s1. The molecule has 1 aromatic carbocycles. The van der Waals surface area contributed by atoms with E-state index in [4.69, 9.17) is 19.8 Å². The number of ether oxygens (including phenoxy) is 1. The molecule has 0 fully saturated rings. The highest BCUT2D eigenvalue weighted by Crippen LogP contribution is 2.34. The summed E-state index contributed by atoms with van der Waals surface area (Å²) in [6.07, 6.45) is -0.115. The molecule has 0 aromatic heterocycles. The fraction of sp³-hybridized carbons (Fsp3) is 0.400. The maximum atomic E-state index is 5.77. The molecule has 0 bridgehead atoms. The second kappa shape index (κ2) is 6.50. The van der Waals surface area contributed by atoms with Crippen LogP contribution in [-0.2, 0) is 9.31 Å². The van der Waals surface area contributed by atoms with Crippen LogP contribution < -0.4 is 15.9 Å². The molecule has 18 heavy (non-hydrogen) atoms. The first-order valence-corrected chi connectivity index (χ1v) is 6.03.